The van der Waals surface area contributed by atoms with E-state index in [1.165, 1.54) is 5.57 Å². The lowest BCUT2D eigenvalue weighted by atomic mass is 10.2. The van der Waals surface area contributed by atoms with Crippen LogP contribution >= 0.6 is 0 Å². The molecular formula is C7H11NO. The smallest absolute Gasteiger partial charge is 0.0827 e. The normalized spacial score (nSPS) is 18.0. The van der Waals surface area contributed by atoms with Crippen LogP contribution < -0.4 is 5.32 Å². The van der Waals surface area contributed by atoms with Crippen molar-refractivity contribution in [1.82, 2.24) is 5.32 Å². The average molecular weight is 125 g/mol. The molecule has 0 radical (unpaired) electrons. The number of allylic oxidation sites excluding steroid dienone is 2. The Kier molecular flexibility index (Phi) is 1.90. The van der Waals surface area contributed by atoms with Crippen molar-refractivity contribution in [3.63, 3.8) is 0 Å². The molecule has 0 aromatic heterocycles. The van der Waals surface area contributed by atoms with Gasteiger partial charge in [0.15, 0.2) is 0 Å². The van der Waals surface area contributed by atoms with Crippen LogP contribution in [0.4, 0.5) is 0 Å². The lowest BCUT2D eigenvalue weighted by Gasteiger charge is -2.11. The number of aliphatic hydroxyl groups is 1. The molecule has 50 valence electrons. The zero-order valence-corrected chi connectivity index (χ0v) is 5.52. The molecule has 0 aliphatic carbocycles. The first-order chi connectivity index (χ1) is 4.33. The summed E-state index contributed by atoms with van der Waals surface area (Å²) in [6, 6.07) is 0. The molecule has 0 aromatic rings. The molecule has 2 N–H and O–H groups in total. The molecule has 0 saturated heterocycles. The van der Waals surface area contributed by atoms with E-state index >= 15 is 0 Å². The van der Waals surface area contributed by atoms with Gasteiger partial charge in [-0.15, -0.1) is 0 Å². The predicted molar refractivity (Wildman–Crippen MR) is 36.9 cm³/mol. The summed E-state index contributed by atoms with van der Waals surface area (Å²) in [4.78, 5) is 0. The first kappa shape index (κ1) is 6.36. The molecule has 0 spiro atoms. The van der Waals surface area contributed by atoms with Crippen LogP contribution in [0.5, 0.6) is 0 Å². The number of nitrogens with one attached hydrogen (secondary N) is 1. The van der Waals surface area contributed by atoms with Crippen molar-refractivity contribution in [2.24, 2.45) is 0 Å². The van der Waals surface area contributed by atoms with E-state index in [-0.39, 0.29) is 6.61 Å². The summed E-state index contributed by atoms with van der Waals surface area (Å²) in [5.41, 5.74) is 2.20. The Labute approximate surface area is 54.9 Å². The highest BCUT2D eigenvalue weighted by atomic mass is 16.3. The number of hydrogen-bond donors (Lipinski definition) is 2. The van der Waals surface area contributed by atoms with Gasteiger partial charge in [0.05, 0.1) is 6.61 Å². The summed E-state index contributed by atoms with van der Waals surface area (Å²) < 4.78 is 0. The molecular weight excluding hydrogens is 114 g/mol. The number of aliphatic hydroxyl groups excluding tert-OH is 1. The highest BCUT2D eigenvalue weighted by Gasteiger charge is 1.97. The molecule has 0 saturated carbocycles. The maximum atomic E-state index is 8.62. The third-order valence-electron chi connectivity index (χ3n) is 1.33. The van der Waals surface area contributed by atoms with Crippen LogP contribution in [0.2, 0.25) is 0 Å². The minimum absolute atomic E-state index is 0.115. The van der Waals surface area contributed by atoms with E-state index in [0.717, 1.165) is 12.2 Å². The molecule has 0 aromatic carbocycles. The van der Waals surface area contributed by atoms with Gasteiger partial charge in [0, 0.05) is 12.2 Å². The van der Waals surface area contributed by atoms with Gasteiger partial charge in [-0.2, -0.15) is 0 Å². The molecule has 2 heteroatoms. The summed E-state index contributed by atoms with van der Waals surface area (Å²) in [6.45, 7) is 3.04. The van der Waals surface area contributed by atoms with Crippen LogP contribution in [0.25, 0.3) is 0 Å². The molecule has 0 amide bonds. The Morgan fingerprint density at radius 3 is 2.89 bits per heavy atom. The molecule has 0 atom stereocenters. The summed E-state index contributed by atoms with van der Waals surface area (Å²) in [5, 5.41) is 11.7. The fourth-order valence-electron chi connectivity index (χ4n) is 0.722. The van der Waals surface area contributed by atoms with Gasteiger partial charge in [0.2, 0.25) is 0 Å². The van der Waals surface area contributed by atoms with Crippen molar-refractivity contribution in [2.75, 3.05) is 13.2 Å². The number of rotatable bonds is 1. The summed E-state index contributed by atoms with van der Waals surface area (Å²) in [7, 11) is 0. The van der Waals surface area contributed by atoms with Crippen LogP contribution in [0, 0.1) is 0 Å². The van der Waals surface area contributed by atoms with Crippen molar-refractivity contribution in [1.29, 1.82) is 0 Å². The first-order valence-corrected chi connectivity index (χ1v) is 3.04. The van der Waals surface area contributed by atoms with Gasteiger partial charge >= 0.3 is 0 Å². The summed E-state index contributed by atoms with van der Waals surface area (Å²) in [6.07, 6.45) is 3.92. The molecule has 1 aliphatic heterocycles. The number of dihydropyridines is 1. The minimum Gasteiger partial charge on any atom is -0.390 e. The van der Waals surface area contributed by atoms with Crippen LogP contribution in [-0.2, 0) is 0 Å². The molecule has 9 heavy (non-hydrogen) atoms. The van der Waals surface area contributed by atoms with E-state index < -0.39 is 0 Å². The van der Waals surface area contributed by atoms with E-state index in [9.17, 15) is 0 Å². The third-order valence-corrected chi connectivity index (χ3v) is 1.33. The van der Waals surface area contributed by atoms with E-state index in [0.29, 0.717) is 0 Å². The van der Waals surface area contributed by atoms with Crippen molar-refractivity contribution in [3.05, 3.63) is 23.4 Å². The van der Waals surface area contributed by atoms with Crippen LogP contribution in [0.15, 0.2) is 23.4 Å². The largest absolute Gasteiger partial charge is 0.390 e. The Bertz CT molecular complexity index is 158. The van der Waals surface area contributed by atoms with Crippen LogP contribution in [0.3, 0.4) is 0 Å². The monoisotopic (exact) mass is 125 g/mol. The average Bonchev–Trinajstić information content (AvgIpc) is 1.90. The van der Waals surface area contributed by atoms with Crippen molar-refractivity contribution in [3.8, 4) is 0 Å². The third kappa shape index (κ3) is 1.57. The van der Waals surface area contributed by atoms with Crippen molar-refractivity contribution in [2.45, 2.75) is 6.92 Å². The zero-order chi connectivity index (χ0) is 6.69. The van der Waals surface area contributed by atoms with Crippen molar-refractivity contribution >= 4 is 0 Å². The molecule has 1 rings (SSSR count). The topological polar surface area (TPSA) is 32.3 Å². The second kappa shape index (κ2) is 2.69. The van der Waals surface area contributed by atoms with Gasteiger partial charge in [0.25, 0.3) is 0 Å². The summed E-state index contributed by atoms with van der Waals surface area (Å²) >= 11 is 0. The van der Waals surface area contributed by atoms with Crippen LogP contribution in [0.1, 0.15) is 6.92 Å². The highest BCUT2D eigenvalue weighted by molar-refractivity contribution is 5.22. The summed E-state index contributed by atoms with van der Waals surface area (Å²) in [5.74, 6) is 0. The van der Waals surface area contributed by atoms with Gasteiger partial charge in [-0.25, -0.2) is 0 Å². The quantitative estimate of drug-likeness (QED) is 0.532. The van der Waals surface area contributed by atoms with Gasteiger partial charge in [0.1, 0.15) is 0 Å². The van der Waals surface area contributed by atoms with Crippen molar-refractivity contribution < 1.29 is 5.11 Å². The van der Waals surface area contributed by atoms with E-state index in [1.807, 2.05) is 12.2 Å². The van der Waals surface area contributed by atoms with Gasteiger partial charge in [-0.3, -0.25) is 0 Å². The zero-order valence-electron chi connectivity index (χ0n) is 5.52. The maximum Gasteiger partial charge on any atom is 0.0827 e. The Balaban J connectivity index is 2.59. The maximum absolute atomic E-state index is 8.62. The molecule has 1 heterocycles. The van der Waals surface area contributed by atoms with E-state index in [2.05, 4.69) is 12.2 Å². The van der Waals surface area contributed by atoms with Gasteiger partial charge in [-0.05, 0) is 13.0 Å². The minimum atomic E-state index is 0.115. The van der Waals surface area contributed by atoms with Gasteiger partial charge in [-0.1, -0.05) is 11.6 Å². The predicted octanol–water partition coefficient (Wildman–Crippen LogP) is 0.412. The fraction of sp³-hybridized carbons (Fsp3) is 0.429. The molecule has 0 bridgehead atoms. The molecule has 0 unspecified atom stereocenters. The molecule has 2 nitrogen and oxygen atoms in total. The SMILES string of the molecule is CC1=CC=C(CO)NC1. The Hall–Kier alpha value is -0.760. The highest BCUT2D eigenvalue weighted by Crippen LogP contribution is 2.00. The lowest BCUT2D eigenvalue weighted by molar-refractivity contribution is 0.322. The second-order valence-electron chi connectivity index (χ2n) is 2.22. The lowest BCUT2D eigenvalue weighted by Crippen LogP contribution is -2.20. The van der Waals surface area contributed by atoms with E-state index in [4.69, 9.17) is 5.11 Å². The molecule has 0 fully saturated rings. The molecule has 1 aliphatic rings. The number of hydrogen-bond acceptors (Lipinski definition) is 2. The van der Waals surface area contributed by atoms with Crippen LogP contribution in [-0.4, -0.2) is 18.3 Å². The Morgan fingerprint density at radius 2 is 2.44 bits per heavy atom. The second-order valence-corrected chi connectivity index (χ2v) is 2.22. The standard InChI is InChI=1S/C7H11NO/c1-6-2-3-7(5-9)8-4-6/h2-3,8-9H,4-5H2,1H3. The van der Waals surface area contributed by atoms with Gasteiger partial charge < -0.3 is 10.4 Å². The Morgan fingerprint density at radius 1 is 1.67 bits per heavy atom. The fourth-order valence-corrected chi connectivity index (χ4v) is 0.722. The first-order valence-electron chi connectivity index (χ1n) is 3.04. The van der Waals surface area contributed by atoms with E-state index in [1.54, 1.807) is 0 Å².